The number of nitrogens with zero attached hydrogens (tertiary/aromatic N) is 1. The molecular weight excluding hydrogens is 485 g/mol. The van der Waals surface area contributed by atoms with E-state index < -0.39 is 15.4 Å². The van der Waals surface area contributed by atoms with Crippen LogP contribution in [0.1, 0.15) is 62.1 Å². The summed E-state index contributed by atoms with van der Waals surface area (Å²) in [5, 5.41) is 0. The van der Waals surface area contributed by atoms with Crippen molar-refractivity contribution in [1.82, 2.24) is 4.90 Å². The zero-order valence-corrected chi connectivity index (χ0v) is 22.1. The van der Waals surface area contributed by atoms with Gasteiger partial charge in [-0.15, -0.1) is 0 Å². The van der Waals surface area contributed by atoms with Crippen molar-refractivity contribution in [3.05, 3.63) is 53.3 Å². The molecule has 2 aliphatic rings. The Balaban J connectivity index is 1.49. The Morgan fingerprint density at radius 2 is 1.92 bits per heavy atom. The van der Waals surface area contributed by atoms with Crippen LogP contribution in [0.5, 0.6) is 11.5 Å². The Labute approximate surface area is 212 Å². The molecule has 2 aromatic carbocycles. The molecule has 0 aromatic heterocycles. The first-order valence-electron chi connectivity index (χ1n) is 12.4. The SMILES string of the molecule is CCO[C@@H]1CC2(CCN(C(=O)c3ccc(S(=O)(=O)CC(C)C)c(OC)c3)CC2)Oc2ccc(F)cc21. The van der Waals surface area contributed by atoms with Crippen LogP contribution in [0.25, 0.3) is 0 Å². The van der Waals surface area contributed by atoms with Gasteiger partial charge in [0.2, 0.25) is 0 Å². The predicted octanol–water partition coefficient (Wildman–Crippen LogP) is 4.80. The minimum absolute atomic E-state index is 0.00334. The van der Waals surface area contributed by atoms with Crippen LogP contribution in [-0.2, 0) is 14.6 Å². The smallest absolute Gasteiger partial charge is 0.253 e. The lowest BCUT2D eigenvalue weighted by molar-refractivity contribution is -0.0701. The van der Waals surface area contributed by atoms with E-state index in [0.29, 0.717) is 50.3 Å². The van der Waals surface area contributed by atoms with E-state index in [1.807, 2.05) is 20.8 Å². The maximum absolute atomic E-state index is 13.8. The summed E-state index contributed by atoms with van der Waals surface area (Å²) in [5.74, 6) is 0.269. The molecule has 1 amide bonds. The molecule has 0 N–H and O–H groups in total. The summed E-state index contributed by atoms with van der Waals surface area (Å²) in [5.41, 5.74) is 0.609. The Morgan fingerprint density at radius 1 is 1.19 bits per heavy atom. The number of carbonyl (C=O) groups is 1. The maximum atomic E-state index is 13.8. The summed E-state index contributed by atoms with van der Waals surface area (Å²) < 4.78 is 57.0. The second kappa shape index (κ2) is 10.4. The number of ether oxygens (including phenoxy) is 3. The van der Waals surface area contributed by atoms with Crippen LogP contribution < -0.4 is 9.47 Å². The third-order valence-corrected chi connectivity index (χ3v) is 8.94. The third kappa shape index (κ3) is 5.37. The van der Waals surface area contributed by atoms with Crippen LogP contribution in [0.15, 0.2) is 41.3 Å². The van der Waals surface area contributed by atoms with E-state index in [4.69, 9.17) is 14.2 Å². The van der Waals surface area contributed by atoms with Gasteiger partial charge in [-0.3, -0.25) is 4.79 Å². The number of hydrogen-bond donors (Lipinski definition) is 0. The molecule has 9 heteroatoms. The molecule has 1 saturated heterocycles. The first-order valence-corrected chi connectivity index (χ1v) is 14.0. The van der Waals surface area contributed by atoms with E-state index in [1.54, 1.807) is 17.0 Å². The summed E-state index contributed by atoms with van der Waals surface area (Å²) in [6.45, 7) is 7.05. The van der Waals surface area contributed by atoms with Crippen molar-refractivity contribution in [3.8, 4) is 11.5 Å². The number of amides is 1. The van der Waals surface area contributed by atoms with Crippen molar-refractivity contribution in [3.63, 3.8) is 0 Å². The molecule has 1 fully saturated rings. The quantitative estimate of drug-likeness (QED) is 0.523. The molecular formula is C27H34FNO6S. The van der Waals surface area contributed by atoms with Crippen LogP contribution in [0.2, 0.25) is 0 Å². The number of rotatable bonds is 7. The zero-order valence-electron chi connectivity index (χ0n) is 21.3. The molecule has 1 spiro atoms. The largest absolute Gasteiger partial charge is 0.495 e. The van der Waals surface area contributed by atoms with Crippen molar-refractivity contribution >= 4 is 15.7 Å². The monoisotopic (exact) mass is 519 g/mol. The molecule has 2 aliphatic heterocycles. The van der Waals surface area contributed by atoms with Crippen LogP contribution in [0.4, 0.5) is 4.39 Å². The van der Waals surface area contributed by atoms with E-state index in [-0.39, 0.29) is 40.1 Å². The molecule has 4 rings (SSSR count). The van der Waals surface area contributed by atoms with Gasteiger partial charge in [0, 0.05) is 50.1 Å². The Bertz CT molecular complexity index is 1220. The van der Waals surface area contributed by atoms with E-state index in [9.17, 15) is 17.6 Å². The lowest BCUT2D eigenvalue weighted by Crippen LogP contribution is -2.52. The highest BCUT2D eigenvalue weighted by molar-refractivity contribution is 7.91. The molecule has 7 nitrogen and oxygen atoms in total. The maximum Gasteiger partial charge on any atom is 0.253 e. The van der Waals surface area contributed by atoms with Gasteiger partial charge >= 0.3 is 0 Å². The summed E-state index contributed by atoms with van der Waals surface area (Å²) >= 11 is 0. The fourth-order valence-electron chi connectivity index (χ4n) is 5.13. The highest BCUT2D eigenvalue weighted by Gasteiger charge is 2.44. The Kier molecular flexibility index (Phi) is 7.61. The standard InChI is InChI=1S/C27H34FNO6S/c1-5-34-24-16-27(35-22-8-7-20(28)15-21(22)24)10-12-29(13-11-27)26(30)19-6-9-25(23(14-19)33-4)36(31,32)17-18(2)3/h6-9,14-15,18,24H,5,10-13,16-17H2,1-4H3/t24-/m1/s1. The molecule has 0 unspecified atom stereocenters. The molecule has 0 saturated carbocycles. The van der Waals surface area contributed by atoms with Crippen molar-refractivity contribution in [2.45, 2.75) is 56.6 Å². The molecule has 0 radical (unpaired) electrons. The van der Waals surface area contributed by atoms with Gasteiger partial charge in [-0.1, -0.05) is 13.8 Å². The van der Waals surface area contributed by atoms with Crippen molar-refractivity contribution in [2.24, 2.45) is 5.92 Å². The predicted molar refractivity (Wildman–Crippen MR) is 134 cm³/mol. The molecule has 196 valence electrons. The normalized spacial score (nSPS) is 19.2. The molecule has 1 atom stereocenters. The van der Waals surface area contributed by atoms with Gasteiger partial charge in [0.15, 0.2) is 9.84 Å². The molecule has 0 aliphatic carbocycles. The van der Waals surface area contributed by atoms with Crippen LogP contribution in [0, 0.1) is 11.7 Å². The number of fused-ring (bicyclic) bond motifs is 1. The lowest BCUT2D eigenvalue weighted by Gasteiger charge is -2.46. The number of methoxy groups -OCH3 is 1. The number of piperidine rings is 1. The first-order chi connectivity index (χ1) is 17.1. The minimum atomic E-state index is -3.53. The van der Waals surface area contributed by atoms with Gasteiger partial charge in [0.05, 0.1) is 19.0 Å². The number of hydrogen-bond acceptors (Lipinski definition) is 6. The van der Waals surface area contributed by atoms with Crippen LogP contribution in [-0.4, -0.2) is 57.4 Å². The van der Waals surface area contributed by atoms with E-state index in [2.05, 4.69) is 0 Å². The molecule has 36 heavy (non-hydrogen) atoms. The summed E-state index contributed by atoms with van der Waals surface area (Å²) in [7, 11) is -2.12. The van der Waals surface area contributed by atoms with E-state index >= 15 is 0 Å². The zero-order chi connectivity index (χ0) is 26.1. The summed E-state index contributed by atoms with van der Waals surface area (Å²) in [6, 6.07) is 9.03. The first kappa shape index (κ1) is 26.4. The van der Waals surface area contributed by atoms with E-state index in [0.717, 1.165) is 5.56 Å². The second-order valence-corrected chi connectivity index (χ2v) is 12.0. The molecule has 0 bridgehead atoms. The average molecular weight is 520 g/mol. The Morgan fingerprint density at radius 3 is 2.56 bits per heavy atom. The minimum Gasteiger partial charge on any atom is -0.495 e. The van der Waals surface area contributed by atoms with Gasteiger partial charge in [-0.2, -0.15) is 0 Å². The van der Waals surface area contributed by atoms with Crippen molar-refractivity contribution in [1.29, 1.82) is 0 Å². The van der Waals surface area contributed by atoms with Crippen LogP contribution in [0.3, 0.4) is 0 Å². The number of benzene rings is 2. The molecule has 2 heterocycles. The average Bonchev–Trinajstić information content (AvgIpc) is 2.83. The number of sulfone groups is 1. The number of carbonyl (C=O) groups excluding carboxylic acids is 1. The van der Waals surface area contributed by atoms with Crippen LogP contribution >= 0.6 is 0 Å². The Hall–Kier alpha value is -2.65. The summed E-state index contributed by atoms with van der Waals surface area (Å²) in [6.07, 6.45) is 1.55. The van der Waals surface area contributed by atoms with Gasteiger partial charge < -0.3 is 19.1 Å². The second-order valence-electron chi connectivity index (χ2n) is 9.95. The number of likely N-dealkylation sites (tertiary alicyclic amines) is 1. The fraction of sp³-hybridized carbons (Fsp3) is 0.519. The third-order valence-electron chi connectivity index (χ3n) is 6.83. The van der Waals surface area contributed by atoms with Gasteiger partial charge in [0.25, 0.3) is 5.91 Å². The van der Waals surface area contributed by atoms with Gasteiger partial charge in [0.1, 0.15) is 27.8 Å². The lowest BCUT2D eigenvalue weighted by atomic mass is 9.81. The summed E-state index contributed by atoms with van der Waals surface area (Å²) in [4.78, 5) is 15.1. The van der Waals surface area contributed by atoms with Crippen molar-refractivity contribution < 1.29 is 31.8 Å². The highest BCUT2D eigenvalue weighted by Crippen LogP contribution is 2.46. The van der Waals surface area contributed by atoms with Gasteiger partial charge in [-0.05, 0) is 49.2 Å². The fourth-order valence-corrected chi connectivity index (χ4v) is 6.91. The number of halogens is 1. The van der Waals surface area contributed by atoms with Gasteiger partial charge in [-0.25, -0.2) is 12.8 Å². The topological polar surface area (TPSA) is 82.1 Å². The van der Waals surface area contributed by atoms with Crippen molar-refractivity contribution in [2.75, 3.05) is 32.6 Å². The highest BCUT2D eigenvalue weighted by atomic mass is 32.2. The van der Waals surface area contributed by atoms with E-state index in [1.165, 1.54) is 31.4 Å². The molecule has 2 aromatic rings.